The Kier molecular flexibility index (Phi) is 13.3. The molecule has 5 rings (SSSR count). The van der Waals surface area contributed by atoms with Gasteiger partial charge in [-0.25, -0.2) is 92.4 Å². The van der Waals surface area contributed by atoms with E-state index in [1.165, 1.54) is 6.92 Å². The maximum Gasteiger partial charge on any atom is 0.200 e. The second-order valence-electron chi connectivity index (χ2n) is 12.0. The Morgan fingerprint density at radius 3 is 0.836 bits per heavy atom. The maximum atomic E-state index is 15.4. The van der Waals surface area contributed by atoms with E-state index in [4.69, 9.17) is 10.5 Å². The van der Waals surface area contributed by atoms with Gasteiger partial charge in [0.05, 0.1) is 5.57 Å². The zero-order valence-corrected chi connectivity index (χ0v) is 29.0. The number of rotatable bonds is 7. The minimum absolute atomic E-state index is 0.121. The number of Topliss-reactive ketones (excluding diaryl/α,β-unsaturated/α-hetero) is 1. The van der Waals surface area contributed by atoms with Gasteiger partial charge in [0.15, 0.2) is 94.5 Å². The summed E-state index contributed by atoms with van der Waals surface area (Å²) in [5.74, 6) is -71.7. The molecule has 1 aromatic heterocycles. The molecule has 0 amide bonds. The lowest BCUT2D eigenvalue weighted by Gasteiger charge is -2.44. The molecule has 0 fully saturated rings. The third-order valence-electron chi connectivity index (χ3n) is 8.78. The summed E-state index contributed by atoms with van der Waals surface area (Å²) < 4.78 is 296. The number of nitriles is 2. The maximum absolute atomic E-state index is 15.4. The second kappa shape index (κ2) is 17.4. The first-order valence-corrected chi connectivity index (χ1v) is 15.6. The average Bonchev–Trinajstić information content (AvgIpc) is 3.24. The van der Waals surface area contributed by atoms with Crippen LogP contribution in [-0.2, 0) is 11.3 Å². The summed E-state index contributed by atoms with van der Waals surface area (Å²) in [5.41, 5.74) is -14.2. The molecule has 0 aliphatic rings. The number of halogens is 20. The van der Waals surface area contributed by atoms with Crippen LogP contribution in [0, 0.1) is 139 Å². The van der Waals surface area contributed by atoms with E-state index in [2.05, 4.69) is 0 Å². The van der Waals surface area contributed by atoms with Gasteiger partial charge in [-0.05, 0) is 6.92 Å². The summed E-state index contributed by atoms with van der Waals surface area (Å²) in [6.07, 6.45) is -3.67. The van der Waals surface area contributed by atoms with E-state index in [0.29, 0.717) is 0 Å². The summed E-state index contributed by atoms with van der Waals surface area (Å²) in [5, 5.41) is 17.5. The molecule has 4 aromatic carbocycles. The molecule has 25 heteroatoms. The number of pyridine rings is 1. The fourth-order valence-electron chi connectivity index (χ4n) is 6.12. The van der Waals surface area contributed by atoms with Gasteiger partial charge in [-0.1, -0.05) is 6.07 Å². The third kappa shape index (κ3) is 7.37. The quantitative estimate of drug-likeness (QED) is 0.0346. The van der Waals surface area contributed by atoms with Crippen molar-refractivity contribution in [1.29, 1.82) is 10.5 Å². The summed E-state index contributed by atoms with van der Waals surface area (Å²) in [6.45, 7) is 1.60. The van der Waals surface area contributed by atoms with Gasteiger partial charge in [-0.15, -0.1) is 21.9 Å². The highest BCUT2D eigenvalue weighted by atomic mass is 19.2. The van der Waals surface area contributed by atoms with Crippen LogP contribution in [0.4, 0.5) is 87.8 Å². The molecule has 61 heavy (non-hydrogen) atoms. The van der Waals surface area contributed by atoms with E-state index in [9.17, 15) is 57.5 Å². The van der Waals surface area contributed by atoms with Crippen LogP contribution in [0.2, 0.25) is 0 Å². The Morgan fingerprint density at radius 2 is 0.639 bits per heavy atom. The number of carbonyl (C=O) groups excluding carboxylic acids is 1. The van der Waals surface area contributed by atoms with Crippen molar-refractivity contribution in [3.05, 3.63) is 158 Å². The van der Waals surface area contributed by atoms with Crippen LogP contribution in [0.1, 0.15) is 6.92 Å². The van der Waals surface area contributed by atoms with Gasteiger partial charge in [0.2, 0.25) is 0 Å². The molecule has 4 nitrogen and oxygen atoms in total. The van der Waals surface area contributed by atoms with Gasteiger partial charge in [0.25, 0.3) is 0 Å². The molecule has 0 aliphatic heterocycles. The van der Waals surface area contributed by atoms with E-state index in [1.807, 2.05) is 18.2 Å². The molecule has 0 bridgehead atoms. The molecule has 0 unspecified atom stereocenters. The standard InChI is InChI=1S/C24BF20.C12H10N3O/c26-5-1(6(27)14(35)21(42)13(5)34)25(2-7(28)15(36)22(43)16(37)8(2)29,3-9(30)17(38)23(44)18(39)10(3)31)4-11(32)19(40)24(45)20(41)12(4)33;1-10(16)12(11(7-13)8-14)9-15-5-3-2-4-6-15/h;2-6H,9H2,1H3/q-1;+1. The van der Waals surface area contributed by atoms with Crippen molar-refractivity contribution < 1.29 is 97.2 Å². The number of carbonyl (C=O) groups is 1. The third-order valence-corrected chi connectivity index (χ3v) is 8.78. The zero-order valence-electron chi connectivity index (χ0n) is 29.0. The van der Waals surface area contributed by atoms with Crippen molar-refractivity contribution in [2.75, 3.05) is 0 Å². The van der Waals surface area contributed by atoms with Gasteiger partial charge in [0.1, 0.15) is 70.4 Å². The summed E-state index contributed by atoms with van der Waals surface area (Å²) in [6, 6.07) is 8.96. The average molecular weight is 891 g/mol. The number of allylic oxidation sites excluding steroid dienone is 2. The van der Waals surface area contributed by atoms with E-state index in [1.54, 1.807) is 29.1 Å². The molecule has 318 valence electrons. The first kappa shape index (κ1) is 46.8. The number of ketones is 1. The molecule has 5 aromatic rings. The number of aromatic nitrogens is 1. The van der Waals surface area contributed by atoms with Crippen LogP contribution in [0.15, 0.2) is 41.7 Å². The van der Waals surface area contributed by atoms with Crippen molar-refractivity contribution in [2.24, 2.45) is 0 Å². The lowest BCUT2D eigenvalue weighted by atomic mass is 9.12. The fraction of sp³-hybridized carbons (Fsp3) is 0.0556. The summed E-state index contributed by atoms with van der Waals surface area (Å²) >= 11 is 0. The van der Waals surface area contributed by atoms with E-state index in [-0.39, 0.29) is 23.5 Å². The van der Waals surface area contributed by atoms with Crippen LogP contribution < -0.4 is 26.4 Å². The van der Waals surface area contributed by atoms with E-state index >= 15 is 35.1 Å². The molecule has 0 radical (unpaired) electrons. The Labute approximate surface area is 325 Å². The van der Waals surface area contributed by atoms with Crippen molar-refractivity contribution >= 4 is 33.8 Å². The summed E-state index contributed by atoms with van der Waals surface area (Å²) in [4.78, 5) is 11.3. The monoisotopic (exact) mass is 891 g/mol. The number of hydrogen-bond donors (Lipinski definition) is 0. The van der Waals surface area contributed by atoms with Gasteiger partial charge >= 0.3 is 0 Å². The molecule has 0 aliphatic carbocycles. The second-order valence-corrected chi connectivity index (χ2v) is 12.0. The highest BCUT2D eigenvalue weighted by molar-refractivity contribution is 7.20. The van der Waals surface area contributed by atoms with Gasteiger partial charge < -0.3 is 0 Å². The van der Waals surface area contributed by atoms with Crippen LogP contribution in [0.25, 0.3) is 0 Å². The molecule has 0 N–H and O–H groups in total. The minimum Gasteiger partial charge on any atom is -0.295 e. The lowest BCUT2D eigenvalue weighted by Crippen LogP contribution is -2.81. The SMILES string of the molecule is CC(=O)C(C[n+]1ccccc1)=C(C#N)C#N.Fc1c(F)c(F)c([B-](c2c(F)c(F)c(F)c(F)c2F)(c2c(F)c(F)c(F)c(F)c2F)c2c(F)c(F)c(F)c(F)c2F)c(F)c1F. The predicted molar refractivity (Wildman–Crippen MR) is 165 cm³/mol. The van der Waals surface area contributed by atoms with Crippen LogP contribution >= 0.6 is 0 Å². The van der Waals surface area contributed by atoms with Gasteiger partial charge in [0, 0.05) is 12.1 Å². The lowest BCUT2D eigenvalue weighted by molar-refractivity contribution is -0.688. The largest absolute Gasteiger partial charge is 0.295 e. The molecule has 0 atom stereocenters. The number of hydrogen-bond acceptors (Lipinski definition) is 3. The van der Waals surface area contributed by atoms with Gasteiger partial charge in [-0.2, -0.15) is 10.5 Å². The van der Waals surface area contributed by atoms with Crippen molar-refractivity contribution in [3.63, 3.8) is 0 Å². The zero-order chi connectivity index (χ0) is 46.3. The molecular weight excluding hydrogens is 881 g/mol. The Hall–Kier alpha value is -6.92. The van der Waals surface area contributed by atoms with Crippen molar-refractivity contribution in [3.8, 4) is 12.1 Å². The van der Waals surface area contributed by atoms with Crippen LogP contribution in [-0.4, -0.2) is 11.9 Å². The minimum atomic E-state index is -7.22. The normalized spacial score (nSPS) is 11.1. The van der Waals surface area contributed by atoms with Crippen molar-refractivity contribution in [1.82, 2.24) is 0 Å². The Balaban J connectivity index is 0.000000430. The topological polar surface area (TPSA) is 68.5 Å². The first-order chi connectivity index (χ1) is 28.4. The first-order valence-electron chi connectivity index (χ1n) is 15.6. The highest BCUT2D eigenvalue weighted by Crippen LogP contribution is 2.30. The van der Waals surface area contributed by atoms with E-state index < -0.39 is 144 Å². The smallest absolute Gasteiger partial charge is 0.200 e. The summed E-state index contributed by atoms with van der Waals surface area (Å²) in [7, 11) is 0. The Bertz CT molecular complexity index is 2390. The Morgan fingerprint density at radius 1 is 0.426 bits per heavy atom. The highest BCUT2D eigenvalue weighted by Gasteiger charge is 2.52. The number of benzene rings is 4. The molecule has 0 saturated heterocycles. The molecular formula is C36H10BF20N3O. The molecule has 0 saturated carbocycles. The molecule has 0 spiro atoms. The molecule has 1 heterocycles. The van der Waals surface area contributed by atoms with Crippen LogP contribution in [0.5, 0.6) is 0 Å². The predicted octanol–water partition coefficient (Wildman–Crippen LogP) is 6.75. The fourth-order valence-corrected chi connectivity index (χ4v) is 6.12. The van der Waals surface area contributed by atoms with Gasteiger partial charge in [-0.3, -0.25) is 4.79 Å². The van der Waals surface area contributed by atoms with Crippen LogP contribution in [0.3, 0.4) is 0 Å². The van der Waals surface area contributed by atoms with Crippen molar-refractivity contribution in [2.45, 2.75) is 13.5 Å². The number of nitrogens with zero attached hydrogens (tertiary/aromatic N) is 3. The van der Waals surface area contributed by atoms with E-state index in [0.717, 1.165) is 0 Å².